The molecule has 1 aromatic carbocycles. The van der Waals surface area contributed by atoms with Gasteiger partial charge < -0.3 is 10.5 Å². The molecule has 14 heavy (non-hydrogen) atoms. The maximum atomic E-state index is 11.8. The van der Waals surface area contributed by atoms with E-state index in [0.717, 1.165) is 12.1 Å². The van der Waals surface area contributed by atoms with Crippen molar-refractivity contribution >= 4 is 18.1 Å². The van der Waals surface area contributed by atoms with E-state index in [1.165, 1.54) is 6.07 Å². The average molecular weight is 204 g/mol. The van der Waals surface area contributed by atoms with Crippen LogP contribution in [0.5, 0.6) is 5.75 Å². The number of alkyl halides is 3. The zero-order valence-corrected chi connectivity index (χ0v) is 7.01. The van der Waals surface area contributed by atoms with Crippen LogP contribution in [0.4, 0.5) is 24.5 Å². The minimum Gasteiger partial charge on any atom is -0.406 e. The van der Waals surface area contributed by atoms with E-state index in [9.17, 15) is 13.2 Å². The molecule has 0 bridgehead atoms. The highest BCUT2D eigenvalue weighted by Gasteiger charge is 2.31. The summed E-state index contributed by atoms with van der Waals surface area (Å²) in [6.07, 6.45) is -4.71. The van der Waals surface area contributed by atoms with Crippen LogP contribution in [0.2, 0.25) is 0 Å². The molecule has 1 rings (SSSR count). The van der Waals surface area contributed by atoms with Gasteiger partial charge in [0, 0.05) is 6.07 Å². The van der Waals surface area contributed by atoms with E-state index in [4.69, 9.17) is 5.73 Å². The first-order valence-electron chi connectivity index (χ1n) is 3.54. The maximum absolute atomic E-state index is 11.8. The second kappa shape index (κ2) is 3.57. The molecule has 76 valence electrons. The number of benzene rings is 1. The molecule has 0 saturated heterocycles. The van der Waals surface area contributed by atoms with Crippen LogP contribution in [-0.4, -0.2) is 13.1 Å². The molecule has 0 spiro atoms. The molecule has 1 aromatic rings. The van der Waals surface area contributed by atoms with Crippen molar-refractivity contribution in [1.29, 1.82) is 0 Å². The summed E-state index contributed by atoms with van der Waals surface area (Å²) in [6.45, 7) is 3.16. The third-order valence-electron chi connectivity index (χ3n) is 1.41. The molecule has 0 heterocycles. The Morgan fingerprint density at radius 1 is 1.36 bits per heavy atom. The molecule has 2 N–H and O–H groups in total. The molecule has 3 nitrogen and oxygen atoms in total. The summed E-state index contributed by atoms with van der Waals surface area (Å²) < 4.78 is 39.0. The molecular weight excluding hydrogens is 197 g/mol. The summed E-state index contributed by atoms with van der Waals surface area (Å²) in [4.78, 5) is 3.44. The highest BCUT2D eigenvalue weighted by Crippen LogP contribution is 2.30. The van der Waals surface area contributed by atoms with Crippen molar-refractivity contribution in [2.24, 2.45) is 4.99 Å². The third-order valence-corrected chi connectivity index (χ3v) is 1.41. The first kappa shape index (κ1) is 10.4. The largest absolute Gasteiger partial charge is 0.573 e. The number of ether oxygens (including phenoxy) is 1. The fourth-order valence-electron chi connectivity index (χ4n) is 0.858. The van der Waals surface area contributed by atoms with Crippen LogP contribution in [0.15, 0.2) is 23.2 Å². The second-order valence-electron chi connectivity index (χ2n) is 2.43. The van der Waals surface area contributed by atoms with Gasteiger partial charge in [-0.15, -0.1) is 13.2 Å². The number of hydrogen-bond donors (Lipinski definition) is 1. The molecule has 0 atom stereocenters. The summed E-state index contributed by atoms with van der Waals surface area (Å²) in [6, 6.07) is 3.44. The second-order valence-corrected chi connectivity index (χ2v) is 2.43. The van der Waals surface area contributed by atoms with Crippen LogP contribution >= 0.6 is 0 Å². The summed E-state index contributed by atoms with van der Waals surface area (Å²) in [5, 5.41) is 0. The Hall–Kier alpha value is -1.72. The lowest BCUT2D eigenvalue weighted by molar-refractivity contribution is -0.274. The topological polar surface area (TPSA) is 47.6 Å². The number of nitrogens with zero attached hydrogens (tertiary/aromatic N) is 1. The predicted octanol–water partition coefficient (Wildman–Crippen LogP) is 2.50. The van der Waals surface area contributed by atoms with Crippen molar-refractivity contribution < 1.29 is 17.9 Å². The summed E-state index contributed by atoms with van der Waals surface area (Å²) >= 11 is 0. The Bertz CT molecular complexity index is 349. The first-order chi connectivity index (χ1) is 6.42. The Balaban J connectivity index is 2.95. The van der Waals surface area contributed by atoms with E-state index in [1.54, 1.807) is 0 Å². The lowest BCUT2D eigenvalue weighted by atomic mass is 10.2. The van der Waals surface area contributed by atoms with Crippen LogP contribution in [-0.2, 0) is 0 Å². The smallest absolute Gasteiger partial charge is 0.406 e. The van der Waals surface area contributed by atoms with Crippen molar-refractivity contribution in [2.75, 3.05) is 5.73 Å². The fourth-order valence-corrected chi connectivity index (χ4v) is 0.858. The van der Waals surface area contributed by atoms with E-state index in [-0.39, 0.29) is 17.1 Å². The van der Waals surface area contributed by atoms with Gasteiger partial charge in [0.05, 0.1) is 11.4 Å². The van der Waals surface area contributed by atoms with E-state index >= 15 is 0 Å². The molecule has 0 aliphatic carbocycles. The Morgan fingerprint density at radius 2 is 2.00 bits per heavy atom. The van der Waals surface area contributed by atoms with Gasteiger partial charge in [0.2, 0.25) is 0 Å². The van der Waals surface area contributed by atoms with Gasteiger partial charge in [0.25, 0.3) is 0 Å². The van der Waals surface area contributed by atoms with Gasteiger partial charge in [0.1, 0.15) is 5.75 Å². The number of nitrogens with two attached hydrogens (primary N) is 1. The molecule has 6 heteroatoms. The zero-order valence-electron chi connectivity index (χ0n) is 7.01. The number of hydrogen-bond acceptors (Lipinski definition) is 3. The van der Waals surface area contributed by atoms with Crippen molar-refractivity contribution in [2.45, 2.75) is 6.36 Å². The van der Waals surface area contributed by atoms with Crippen molar-refractivity contribution in [3.05, 3.63) is 18.2 Å². The lowest BCUT2D eigenvalue weighted by Gasteiger charge is -2.09. The van der Waals surface area contributed by atoms with Gasteiger partial charge in [-0.25, -0.2) is 0 Å². The summed E-state index contributed by atoms with van der Waals surface area (Å²) in [5.41, 5.74) is 5.80. The zero-order chi connectivity index (χ0) is 10.8. The number of nitrogen functional groups attached to an aromatic ring is 1. The number of anilines is 1. The quantitative estimate of drug-likeness (QED) is 0.594. The molecule has 0 saturated carbocycles. The lowest BCUT2D eigenvalue weighted by Crippen LogP contribution is -2.17. The van der Waals surface area contributed by atoms with Gasteiger partial charge in [-0.3, -0.25) is 4.99 Å². The van der Waals surface area contributed by atoms with Gasteiger partial charge >= 0.3 is 6.36 Å². The standard InChI is InChI=1S/C8H7F3N2O/c1-13-7-4-5(2-3-6(7)12)14-8(9,10)11/h2-4H,1,12H2. The van der Waals surface area contributed by atoms with Crippen molar-refractivity contribution in [3.8, 4) is 5.75 Å². The molecule has 0 aliphatic rings. The van der Waals surface area contributed by atoms with Gasteiger partial charge in [-0.2, -0.15) is 0 Å². The Labute approximate surface area is 78.0 Å². The first-order valence-corrected chi connectivity index (χ1v) is 3.54. The van der Waals surface area contributed by atoms with Gasteiger partial charge in [0.15, 0.2) is 0 Å². The SMILES string of the molecule is C=Nc1cc(OC(F)(F)F)ccc1N. The molecule has 0 fully saturated rings. The highest BCUT2D eigenvalue weighted by molar-refractivity contribution is 5.67. The minimum absolute atomic E-state index is 0.159. The van der Waals surface area contributed by atoms with E-state index in [0.29, 0.717) is 0 Å². The monoisotopic (exact) mass is 204 g/mol. The predicted molar refractivity (Wildman–Crippen MR) is 46.7 cm³/mol. The number of aliphatic imine (C=N–C) groups is 1. The summed E-state index contributed by atoms with van der Waals surface area (Å²) in [7, 11) is 0. The maximum Gasteiger partial charge on any atom is 0.573 e. The minimum atomic E-state index is -4.71. The van der Waals surface area contributed by atoms with Crippen LogP contribution in [0, 0.1) is 0 Å². The van der Waals surface area contributed by atoms with Gasteiger partial charge in [-0.05, 0) is 18.9 Å². The van der Waals surface area contributed by atoms with Crippen LogP contribution in [0.3, 0.4) is 0 Å². The fraction of sp³-hybridized carbons (Fsp3) is 0.125. The van der Waals surface area contributed by atoms with Crippen LogP contribution in [0.25, 0.3) is 0 Å². The molecule has 0 unspecified atom stereocenters. The van der Waals surface area contributed by atoms with Gasteiger partial charge in [-0.1, -0.05) is 0 Å². The average Bonchev–Trinajstić information content (AvgIpc) is 2.06. The normalized spacial score (nSPS) is 11.1. The number of halogens is 3. The Kier molecular flexibility index (Phi) is 2.64. The summed E-state index contributed by atoms with van der Waals surface area (Å²) in [5.74, 6) is -0.367. The molecule has 0 radical (unpaired) electrons. The highest BCUT2D eigenvalue weighted by atomic mass is 19.4. The van der Waals surface area contributed by atoms with E-state index in [2.05, 4.69) is 16.4 Å². The van der Waals surface area contributed by atoms with Crippen molar-refractivity contribution in [3.63, 3.8) is 0 Å². The van der Waals surface area contributed by atoms with E-state index < -0.39 is 6.36 Å². The van der Waals surface area contributed by atoms with E-state index in [1.807, 2.05) is 0 Å². The third kappa shape index (κ3) is 2.65. The molecule has 0 aromatic heterocycles. The van der Waals surface area contributed by atoms with Crippen LogP contribution < -0.4 is 10.5 Å². The molecular formula is C8H7F3N2O. The van der Waals surface area contributed by atoms with Crippen molar-refractivity contribution in [1.82, 2.24) is 0 Å². The molecule has 0 amide bonds. The Morgan fingerprint density at radius 3 is 2.50 bits per heavy atom. The number of rotatable bonds is 2. The molecule has 0 aliphatic heterocycles. The van der Waals surface area contributed by atoms with Crippen LogP contribution in [0.1, 0.15) is 0 Å².